The predicted molar refractivity (Wildman–Crippen MR) is 152 cm³/mol. The van der Waals surface area contributed by atoms with E-state index < -0.39 is 0 Å². The number of anilines is 1. The van der Waals surface area contributed by atoms with Gasteiger partial charge in [0.05, 0.1) is 20.4 Å². The van der Waals surface area contributed by atoms with Crippen molar-refractivity contribution in [2.75, 3.05) is 32.3 Å². The van der Waals surface area contributed by atoms with E-state index in [1.54, 1.807) is 20.3 Å². The van der Waals surface area contributed by atoms with Crippen molar-refractivity contribution in [1.29, 1.82) is 0 Å². The Morgan fingerprint density at radius 3 is 2.34 bits per heavy atom. The van der Waals surface area contributed by atoms with E-state index in [1.165, 1.54) is 12.3 Å². The molecule has 0 radical (unpaired) electrons. The van der Waals surface area contributed by atoms with Gasteiger partial charge in [0.25, 0.3) is 0 Å². The highest BCUT2D eigenvalue weighted by molar-refractivity contribution is 8.14. The molecule has 10 heteroatoms. The molecule has 1 aromatic carbocycles. The molecule has 4 rings (SSSR count). The molecule has 8 nitrogen and oxygen atoms in total. The topological polar surface area (TPSA) is 87.2 Å². The monoisotopic (exact) mass is 539 g/mol. The maximum Gasteiger partial charge on any atom is 0.229 e. The fraction of sp³-hybridized carbons (Fsp3) is 0.357. The largest absolute Gasteiger partial charge is 0.494 e. The molecule has 3 heterocycles. The van der Waals surface area contributed by atoms with E-state index in [0.717, 1.165) is 11.5 Å². The van der Waals surface area contributed by atoms with Crippen molar-refractivity contribution in [1.82, 2.24) is 19.7 Å². The molecule has 202 valence electrons. The number of benzene rings is 1. The molecule has 0 amide bonds. The van der Waals surface area contributed by atoms with Crippen LogP contribution in [-0.4, -0.2) is 57.9 Å². The minimum absolute atomic E-state index is 0.105. The number of hydrogen-bond donors (Lipinski definition) is 1. The lowest BCUT2D eigenvalue weighted by molar-refractivity contribution is 0.391. The lowest BCUT2D eigenvalue weighted by Gasteiger charge is -2.30. The molecule has 1 N–H and O–H groups in total. The Kier molecular flexibility index (Phi) is 8.51. The van der Waals surface area contributed by atoms with Gasteiger partial charge in [-0.2, -0.15) is 10.5 Å². The van der Waals surface area contributed by atoms with Gasteiger partial charge in [0.1, 0.15) is 28.8 Å². The van der Waals surface area contributed by atoms with Crippen molar-refractivity contribution in [2.45, 2.75) is 31.9 Å². The van der Waals surface area contributed by atoms with Gasteiger partial charge in [-0.25, -0.2) is 4.39 Å². The fourth-order valence-electron chi connectivity index (χ4n) is 4.51. The SMILES string of the molecule is C=S(C)C(CNc1nnc(-c2ccc(C)o2)n1-c1c(OC)cccc1OC)[C@@H](C)[C@H](C)c1ccc(F)cn1. The Labute approximate surface area is 225 Å². The van der Waals surface area contributed by atoms with Gasteiger partial charge >= 0.3 is 0 Å². The molecule has 38 heavy (non-hydrogen) atoms. The number of furan rings is 1. The highest BCUT2D eigenvalue weighted by Gasteiger charge is 2.28. The second kappa shape index (κ2) is 11.8. The van der Waals surface area contributed by atoms with Crippen molar-refractivity contribution < 1.29 is 18.3 Å². The molecule has 0 spiro atoms. The molecule has 2 unspecified atom stereocenters. The molecule has 0 aliphatic carbocycles. The van der Waals surface area contributed by atoms with Crippen LogP contribution in [0.15, 0.2) is 53.1 Å². The zero-order chi connectivity index (χ0) is 27.4. The van der Waals surface area contributed by atoms with Gasteiger partial charge in [-0.05, 0) is 55.5 Å². The number of para-hydroxylation sites is 1. The summed E-state index contributed by atoms with van der Waals surface area (Å²) in [6.07, 6.45) is 3.39. The lowest BCUT2D eigenvalue weighted by Crippen LogP contribution is -2.29. The van der Waals surface area contributed by atoms with E-state index in [0.29, 0.717) is 41.3 Å². The number of nitrogens with one attached hydrogen (secondary N) is 1. The Morgan fingerprint density at radius 2 is 1.79 bits per heavy atom. The summed E-state index contributed by atoms with van der Waals surface area (Å²) in [4.78, 5) is 4.31. The molecule has 0 bridgehead atoms. The summed E-state index contributed by atoms with van der Waals surface area (Å²) in [5.74, 6) is 7.91. The van der Waals surface area contributed by atoms with Gasteiger partial charge < -0.3 is 19.2 Å². The maximum absolute atomic E-state index is 13.4. The van der Waals surface area contributed by atoms with E-state index in [4.69, 9.17) is 13.9 Å². The van der Waals surface area contributed by atoms with Gasteiger partial charge in [0.2, 0.25) is 11.8 Å². The quantitative estimate of drug-likeness (QED) is 0.236. The van der Waals surface area contributed by atoms with E-state index >= 15 is 0 Å². The summed E-state index contributed by atoms with van der Waals surface area (Å²) in [6.45, 7) is 6.77. The van der Waals surface area contributed by atoms with Crippen LogP contribution >= 0.6 is 10.5 Å². The Morgan fingerprint density at radius 1 is 1.08 bits per heavy atom. The summed E-state index contributed by atoms with van der Waals surface area (Å²) in [5.41, 5.74) is 1.51. The van der Waals surface area contributed by atoms with Crippen molar-refractivity contribution in [3.05, 3.63) is 65.9 Å². The first-order valence-corrected chi connectivity index (χ1v) is 14.1. The average Bonchev–Trinajstić information content (AvgIpc) is 3.53. The van der Waals surface area contributed by atoms with E-state index in [-0.39, 0.29) is 33.4 Å². The minimum atomic E-state index is -0.340. The van der Waals surface area contributed by atoms with E-state index in [2.05, 4.69) is 46.5 Å². The maximum atomic E-state index is 13.4. The van der Waals surface area contributed by atoms with Crippen LogP contribution < -0.4 is 14.8 Å². The summed E-state index contributed by atoms with van der Waals surface area (Å²) in [5, 5.41) is 12.7. The van der Waals surface area contributed by atoms with Crippen LogP contribution in [0.5, 0.6) is 11.5 Å². The molecule has 3 aromatic heterocycles. The number of methoxy groups -OCH3 is 2. The number of aromatic nitrogens is 4. The van der Waals surface area contributed by atoms with Gasteiger partial charge in [0, 0.05) is 23.4 Å². The average molecular weight is 540 g/mol. The smallest absolute Gasteiger partial charge is 0.229 e. The summed E-state index contributed by atoms with van der Waals surface area (Å²) >= 11 is 0. The molecule has 0 aliphatic rings. The molecule has 0 fully saturated rings. The van der Waals surface area contributed by atoms with Crippen LogP contribution in [0, 0.1) is 18.7 Å². The van der Waals surface area contributed by atoms with Crippen LogP contribution in [0.2, 0.25) is 0 Å². The third-order valence-corrected chi connectivity index (χ3v) is 8.45. The minimum Gasteiger partial charge on any atom is -0.494 e. The molecule has 0 saturated carbocycles. The molecule has 0 saturated heterocycles. The van der Waals surface area contributed by atoms with Crippen LogP contribution in [0.3, 0.4) is 0 Å². The fourth-order valence-corrected chi connectivity index (χ4v) is 5.85. The van der Waals surface area contributed by atoms with Gasteiger partial charge in [0.15, 0.2) is 5.76 Å². The first kappa shape index (κ1) is 27.4. The lowest BCUT2D eigenvalue weighted by atomic mass is 9.89. The first-order valence-electron chi connectivity index (χ1n) is 12.3. The molecular formula is C28H34FN5O3S. The Balaban J connectivity index is 1.71. The number of rotatable bonds is 11. The zero-order valence-electron chi connectivity index (χ0n) is 22.6. The van der Waals surface area contributed by atoms with E-state index in [1.807, 2.05) is 41.8 Å². The summed E-state index contributed by atoms with van der Waals surface area (Å²) in [7, 11) is 3.04. The number of aryl methyl sites for hydroxylation is 1. The van der Waals surface area contributed by atoms with Gasteiger partial charge in [-0.1, -0.05) is 25.8 Å². The van der Waals surface area contributed by atoms with Gasteiger partial charge in [-0.15, -0.1) is 10.2 Å². The Hall–Kier alpha value is -3.66. The third-order valence-electron chi connectivity index (χ3n) is 6.82. The molecule has 4 aromatic rings. The standard InChI is InChI=1S/C28H34FN5O3S/c1-17-11-14-24(37-17)27-32-33-28(34(27)26-22(35-4)9-8-10-23(26)36-5)31-16-25(38(6)7)19(3)18(2)21-13-12-20(29)15-30-21/h8-15,18-19,25H,6,16H2,1-5,7H3,(H,31,33)/t18-,19-,25?,38?/m0/s1. The van der Waals surface area contributed by atoms with Crippen molar-refractivity contribution >= 4 is 22.3 Å². The zero-order valence-corrected chi connectivity index (χ0v) is 23.4. The number of halogens is 1. The number of nitrogens with zero attached hydrogens (tertiary/aromatic N) is 4. The first-order chi connectivity index (χ1) is 18.2. The van der Waals surface area contributed by atoms with Crippen LogP contribution in [-0.2, 0) is 0 Å². The highest BCUT2D eigenvalue weighted by atomic mass is 32.2. The number of pyridine rings is 1. The summed E-state index contributed by atoms with van der Waals surface area (Å²) < 4.78 is 32.6. The third kappa shape index (κ3) is 5.60. The molecular weight excluding hydrogens is 505 g/mol. The molecule has 4 atom stereocenters. The van der Waals surface area contributed by atoms with Crippen LogP contribution in [0.1, 0.15) is 31.2 Å². The van der Waals surface area contributed by atoms with Crippen molar-refractivity contribution in [2.24, 2.45) is 5.92 Å². The molecule has 0 aliphatic heterocycles. The predicted octanol–water partition coefficient (Wildman–Crippen LogP) is 5.94. The van der Waals surface area contributed by atoms with Crippen LogP contribution in [0.4, 0.5) is 10.3 Å². The van der Waals surface area contributed by atoms with E-state index in [9.17, 15) is 4.39 Å². The van der Waals surface area contributed by atoms with Crippen molar-refractivity contribution in [3.8, 4) is 28.8 Å². The number of ether oxygens (including phenoxy) is 2. The summed E-state index contributed by atoms with van der Waals surface area (Å²) in [6, 6.07) is 12.5. The Bertz CT molecular complexity index is 1380. The normalized spacial score (nSPS) is 14.5. The van der Waals surface area contributed by atoms with Gasteiger partial charge in [-0.3, -0.25) is 9.55 Å². The second-order valence-electron chi connectivity index (χ2n) is 9.26. The van der Waals surface area contributed by atoms with Crippen LogP contribution in [0.25, 0.3) is 17.3 Å². The highest BCUT2D eigenvalue weighted by Crippen LogP contribution is 2.38. The number of hydrogen-bond acceptors (Lipinski definition) is 7. The van der Waals surface area contributed by atoms with Crippen molar-refractivity contribution in [3.63, 3.8) is 0 Å². The second-order valence-corrected chi connectivity index (χ2v) is 11.3.